The molecule has 158 valence electrons. The number of benzene rings is 2. The Labute approximate surface area is 178 Å². The minimum atomic E-state index is -0.363. The maximum atomic E-state index is 11.4. The lowest BCUT2D eigenvalue weighted by Gasteiger charge is -2.38. The molecule has 30 heavy (non-hydrogen) atoms. The molecule has 0 amide bonds. The normalized spacial score (nSPS) is 21.6. The molecule has 1 N–H and O–H groups in total. The van der Waals surface area contributed by atoms with E-state index in [2.05, 4.69) is 43.4 Å². The lowest BCUT2D eigenvalue weighted by atomic mass is 9.77. The van der Waals surface area contributed by atoms with Gasteiger partial charge in [0.2, 0.25) is 0 Å². The first-order valence-corrected chi connectivity index (χ1v) is 10.5. The van der Waals surface area contributed by atoms with Gasteiger partial charge in [0.15, 0.2) is 11.5 Å². The second-order valence-electron chi connectivity index (χ2n) is 8.40. The highest BCUT2D eigenvalue weighted by molar-refractivity contribution is 5.71. The Kier molecular flexibility index (Phi) is 5.71. The van der Waals surface area contributed by atoms with E-state index in [0.29, 0.717) is 35.9 Å². The van der Waals surface area contributed by atoms with Gasteiger partial charge < -0.3 is 19.5 Å². The zero-order chi connectivity index (χ0) is 21.3. The minimum Gasteiger partial charge on any atom is -0.493 e. The highest BCUT2D eigenvalue weighted by Crippen LogP contribution is 2.52. The second kappa shape index (κ2) is 8.42. The summed E-state index contributed by atoms with van der Waals surface area (Å²) in [7, 11) is 1.59. The molecule has 1 aliphatic carbocycles. The standard InChI is InChI=1S/C25H29NO4/c1-15(2)14-29-22-10-6-9-20-18-7-5-8-19(18)24(26-25(20)22)17-11-12-21(30-16(3)27)23(13-17)28-4/h5-7,9-13,15,18-19,24,26H,8,14H2,1-4H3. The number of ether oxygens (including phenoxy) is 3. The van der Waals surface area contributed by atoms with Crippen molar-refractivity contribution in [1.82, 2.24) is 0 Å². The van der Waals surface area contributed by atoms with Crippen molar-refractivity contribution in [2.24, 2.45) is 11.8 Å². The summed E-state index contributed by atoms with van der Waals surface area (Å²) in [5.74, 6) is 2.73. The summed E-state index contributed by atoms with van der Waals surface area (Å²) in [4.78, 5) is 11.4. The largest absolute Gasteiger partial charge is 0.493 e. The SMILES string of the molecule is COc1cc(C2Nc3c(OCC(C)C)cccc3C3C=CCC32)ccc1OC(C)=O. The number of allylic oxidation sites excluding steroid dienone is 2. The van der Waals surface area contributed by atoms with Crippen molar-refractivity contribution in [3.8, 4) is 17.2 Å². The number of nitrogens with one attached hydrogen (secondary N) is 1. The average Bonchev–Trinajstić information content (AvgIpc) is 3.21. The summed E-state index contributed by atoms with van der Waals surface area (Å²) in [5, 5.41) is 3.76. The van der Waals surface area contributed by atoms with Crippen molar-refractivity contribution in [3.63, 3.8) is 0 Å². The smallest absolute Gasteiger partial charge is 0.308 e. The van der Waals surface area contributed by atoms with Crippen LogP contribution in [0.1, 0.15) is 50.3 Å². The molecule has 3 atom stereocenters. The Morgan fingerprint density at radius 2 is 2.00 bits per heavy atom. The lowest BCUT2D eigenvalue weighted by molar-refractivity contribution is -0.132. The Morgan fingerprint density at radius 1 is 1.17 bits per heavy atom. The first-order chi connectivity index (χ1) is 14.5. The van der Waals surface area contributed by atoms with Crippen LogP contribution < -0.4 is 19.5 Å². The molecule has 5 nitrogen and oxygen atoms in total. The van der Waals surface area contributed by atoms with E-state index in [1.807, 2.05) is 24.3 Å². The summed E-state index contributed by atoms with van der Waals surface area (Å²) in [5.41, 5.74) is 3.46. The van der Waals surface area contributed by atoms with Crippen LogP contribution in [0.15, 0.2) is 48.6 Å². The van der Waals surface area contributed by atoms with E-state index < -0.39 is 0 Å². The van der Waals surface area contributed by atoms with Crippen LogP contribution in [0.2, 0.25) is 0 Å². The van der Waals surface area contributed by atoms with Crippen LogP contribution in [0.3, 0.4) is 0 Å². The van der Waals surface area contributed by atoms with Gasteiger partial charge in [-0.05, 0) is 47.6 Å². The molecule has 0 saturated heterocycles. The maximum absolute atomic E-state index is 11.4. The van der Waals surface area contributed by atoms with Crippen molar-refractivity contribution in [2.75, 3.05) is 19.0 Å². The van der Waals surface area contributed by atoms with Gasteiger partial charge in [0.25, 0.3) is 0 Å². The number of fused-ring (bicyclic) bond motifs is 3. The number of esters is 1. The molecule has 2 aromatic rings. The minimum absolute atomic E-state index is 0.0987. The van der Waals surface area contributed by atoms with Crippen molar-refractivity contribution < 1.29 is 19.0 Å². The molecule has 0 bridgehead atoms. The predicted octanol–water partition coefficient (Wildman–Crippen LogP) is 5.48. The van der Waals surface area contributed by atoms with Crippen molar-refractivity contribution in [1.29, 1.82) is 0 Å². The van der Waals surface area contributed by atoms with Crippen molar-refractivity contribution in [2.45, 2.75) is 39.2 Å². The third-order valence-electron chi connectivity index (χ3n) is 5.73. The highest BCUT2D eigenvalue weighted by atomic mass is 16.6. The second-order valence-corrected chi connectivity index (χ2v) is 8.40. The number of hydrogen-bond donors (Lipinski definition) is 1. The average molecular weight is 408 g/mol. The number of rotatable bonds is 6. The number of carbonyl (C=O) groups is 1. The quantitative estimate of drug-likeness (QED) is 0.390. The van der Waals surface area contributed by atoms with Crippen LogP contribution in [0, 0.1) is 11.8 Å². The zero-order valence-electron chi connectivity index (χ0n) is 18.0. The van der Waals surface area contributed by atoms with Crippen LogP contribution in [0.5, 0.6) is 17.2 Å². The van der Waals surface area contributed by atoms with Crippen LogP contribution in [0.25, 0.3) is 0 Å². The molecule has 2 aliphatic rings. The number of para-hydroxylation sites is 1. The van der Waals surface area contributed by atoms with Crippen LogP contribution in [-0.4, -0.2) is 19.7 Å². The van der Waals surface area contributed by atoms with Crippen LogP contribution >= 0.6 is 0 Å². The van der Waals surface area contributed by atoms with Crippen LogP contribution in [-0.2, 0) is 4.79 Å². The summed E-state index contributed by atoms with van der Waals surface area (Å²) >= 11 is 0. The lowest BCUT2D eigenvalue weighted by Crippen LogP contribution is -2.29. The molecular weight excluding hydrogens is 378 g/mol. The summed E-state index contributed by atoms with van der Waals surface area (Å²) < 4.78 is 16.9. The first kappa shape index (κ1) is 20.3. The molecule has 0 aromatic heterocycles. The Bertz CT molecular complexity index is 966. The maximum Gasteiger partial charge on any atom is 0.308 e. The van der Waals surface area contributed by atoms with Crippen molar-refractivity contribution in [3.05, 3.63) is 59.7 Å². The van der Waals surface area contributed by atoms with Gasteiger partial charge in [0.1, 0.15) is 5.75 Å². The van der Waals surface area contributed by atoms with Crippen LogP contribution in [0.4, 0.5) is 5.69 Å². The fourth-order valence-corrected chi connectivity index (χ4v) is 4.42. The fourth-order valence-electron chi connectivity index (χ4n) is 4.42. The number of carbonyl (C=O) groups excluding carboxylic acids is 1. The van der Waals surface area contributed by atoms with E-state index in [4.69, 9.17) is 14.2 Å². The fraction of sp³-hybridized carbons (Fsp3) is 0.400. The number of methoxy groups -OCH3 is 1. The van der Waals surface area contributed by atoms with Gasteiger partial charge >= 0.3 is 5.97 Å². The Morgan fingerprint density at radius 3 is 2.73 bits per heavy atom. The molecular formula is C25H29NO4. The molecule has 4 rings (SSSR count). The Hall–Kier alpha value is -2.95. The molecule has 1 aliphatic heterocycles. The van der Waals surface area contributed by atoms with Crippen molar-refractivity contribution >= 4 is 11.7 Å². The summed E-state index contributed by atoms with van der Waals surface area (Å²) in [6, 6.07) is 12.2. The highest BCUT2D eigenvalue weighted by Gasteiger charge is 2.39. The topological polar surface area (TPSA) is 56.8 Å². The molecule has 0 saturated carbocycles. The third kappa shape index (κ3) is 3.89. The van der Waals surface area contributed by atoms with Gasteiger partial charge in [-0.25, -0.2) is 0 Å². The number of anilines is 1. The predicted molar refractivity (Wildman–Crippen MR) is 117 cm³/mol. The van der Waals surface area contributed by atoms with Gasteiger partial charge in [0.05, 0.1) is 25.4 Å². The summed E-state index contributed by atoms with van der Waals surface area (Å²) in [6.45, 7) is 6.37. The van der Waals surface area contributed by atoms with E-state index in [1.165, 1.54) is 12.5 Å². The first-order valence-electron chi connectivity index (χ1n) is 10.5. The van der Waals surface area contributed by atoms with E-state index in [0.717, 1.165) is 23.4 Å². The third-order valence-corrected chi connectivity index (χ3v) is 5.73. The monoisotopic (exact) mass is 407 g/mol. The molecule has 0 radical (unpaired) electrons. The van der Waals surface area contributed by atoms with Gasteiger partial charge in [-0.2, -0.15) is 0 Å². The van der Waals surface area contributed by atoms with E-state index in [9.17, 15) is 4.79 Å². The molecule has 2 aromatic carbocycles. The molecule has 0 spiro atoms. The van der Waals surface area contributed by atoms with Gasteiger partial charge in [-0.1, -0.05) is 44.2 Å². The van der Waals surface area contributed by atoms with Gasteiger partial charge in [-0.3, -0.25) is 4.79 Å². The molecule has 3 unspecified atom stereocenters. The van der Waals surface area contributed by atoms with Gasteiger partial charge in [-0.15, -0.1) is 0 Å². The number of hydrogen-bond acceptors (Lipinski definition) is 5. The molecule has 0 fully saturated rings. The van der Waals surface area contributed by atoms with Gasteiger partial charge in [0, 0.05) is 12.8 Å². The zero-order valence-corrected chi connectivity index (χ0v) is 18.0. The van der Waals surface area contributed by atoms with E-state index in [-0.39, 0.29) is 12.0 Å². The Balaban J connectivity index is 1.71. The van der Waals surface area contributed by atoms with E-state index >= 15 is 0 Å². The molecule has 1 heterocycles. The van der Waals surface area contributed by atoms with E-state index in [1.54, 1.807) is 7.11 Å². The molecule has 5 heteroatoms. The summed E-state index contributed by atoms with van der Waals surface area (Å²) in [6.07, 6.45) is 5.59.